The van der Waals surface area contributed by atoms with Gasteiger partial charge in [0.15, 0.2) is 0 Å². The molecular formula is C19H24O. The number of methoxy groups -OCH3 is 1. The Bertz CT molecular complexity index is 547. The van der Waals surface area contributed by atoms with Gasteiger partial charge in [0.25, 0.3) is 0 Å². The van der Waals surface area contributed by atoms with Gasteiger partial charge in [0.05, 0.1) is 7.11 Å². The van der Waals surface area contributed by atoms with E-state index in [0.717, 1.165) is 18.6 Å². The van der Waals surface area contributed by atoms with Gasteiger partial charge < -0.3 is 4.74 Å². The zero-order chi connectivity index (χ0) is 14.6. The number of para-hydroxylation sites is 1. The molecule has 0 amide bonds. The first kappa shape index (κ1) is 14.6. The van der Waals surface area contributed by atoms with Crippen molar-refractivity contribution in [2.45, 2.75) is 39.0 Å². The Labute approximate surface area is 122 Å². The lowest BCUT2D eigenvalue weighted by molar-refractivity contribution is 0.409. The van der Waals surface area contributed by atoms with Gasteiger partial charge in [0.2, 0.25) is 0 Å². The number of aryl methyl sites for hydroxylation is 2. The minimum absolute atomic E-state index is 0.223. The van der Waals surface area contributed by atoms with E-state index < -0.39 is 0 Å². The average molecular weight is 268 g/mol. The fourth-order valence-electron chi connectivity index (χ4n) is 2.36. The molecule has 0 spiro atoms. The van der Waals surface area contributed by atoms with Crippen molar-refractivity contribution in [2.75, 3.05) is 7.11 Å². The molecule has 0 aliphatic rings. The molecule has 2 aromatic rings. The van der Waals surface area contributed by atoms with E-state index in [2.05, 4.69) is 57.2 Å². The van der Waals surface area contributed by atoms with E-state index in [9.17, 15) is 0 Å². The second-order valence-electron chi connectivity index (χ2n) is 6.26. The molecule has 0 aromatic heterocycles. The predicted molar refractivity (Wildman–Crippen MR) is 85.5 cm³/mol. The Morgan fingerprint density at radius 2 is 1.50 bits per heavy atom. The van der Waals surface area contributed by atoms with Crippen molar-refractivity contribution in [3.63, 3.8) is 0 Å². The molecule has 0 fully saturated rings. The lowest BCUT2D eigenvalue weighted by atomic mass is 9.86. The van der Waals surface area contributed by atoms with Crippen molar-refractivity contribution >= 4 is 0 Å². The summed E-state index contributed by atoms with van der Waals surface area (Å²) in [5.74, 6) is 0.985. The molecule has 0 unspecified atom stereocenters. The van der Waals surface area contributed by atoms with Gasteiger partial charge in [-0.25, -0.2) is 0 Å². The van der Waals surface area contributed by atoms with Crippen LogP contribution < -0.4 is 4.74 Å². The monoisotopic (exact) mass is 268 g/mol. The van der Waals surface area contributed by atoms with Crippen LogP contribution in [0.5, 0.6) is 5.75 Å². The topological polar surface area (TPSA) is 9.23 Å². The van der Waals surface area contributed by atoms with Gasteiger partial charge in [-0.1, -0.05) is 63.2 Å². The summed E-state index contributed by atoms with van der Waals surface area (Å²) < 4.78 is 5.40. The Balaban J connectivity index is 2.04. The van der Waals surface area contributed by atoms with Gasteiger partial charge in [-0.3, -0.25) is 0 Å². The summed E-state index contributed by atoms with van der Waals surface area (Å²) >= 11 is 0. The van der Waals surface area contributed by atoms with Crippen molar-refractivity contribution in [1.82, 2.24) is 0 Å². The highest BCUT2D eigenvalue weighted by molar-refractivity contribution is 5.34. The van der Waals surface area contributed by atoms with Gasteiger partial charge in [-0.05, 0) is 41.0 Å². The quantitative estimate of drug-likeness (QED) is 0.775. The van der Waals surface area contributed by atoms with Crippen LogP contribution in [0.2, 0.25) is 0 Å². The average Bonchev–Trinajstić information content (AvgIpc) is 2.45. The van der Waals surface area contributed by atoms with Gasteiger partial charge in [0, 0.05) is 0 Å². The molecule has 0 radical (unpaired) electrons. The van der Waals surface area contributed by atoms with E-state index in [-0.39, 0.29) is 5.41 Å². The molecule has 106 valence electrons. The van der Waals surface area contributed by atoms with Crippen LogP contribution in [0.1, 0.15) is 37.5 Å². The highest BCUT2D eigenvalue weighted by atomic mass is 16.5. The highest BCUT2D eigenvalue weighted by Crippen LogP contribution is 2.23. The van der Waals surface area contributed by atoms with Crippen LogP contribution in [0, 0.1) is 0 Å². The van der Waals surface area contributed by atoms with Crippen molar-refractivity contribution in [3.05, 3.63) is 65.2 Å². The number of ether oxygens (including phenoxy) is 1. The van der Waals surface area contributed by atoms with E-state index >= 15 is 0 Å². The van der Waals surface area contributed by atoms with E-state index in [1.54, 1.807) is 7.11 Å². The first-order valence-corrected chi connectivity index (χ1v) is 7.22. The second-order valence-corrected chi connectivity index (χ2v) is 6.26. The Morgan fingerprint density at radius 1 is 0.850 bits per heavy atom. The van der Waals surface area contributed by atoms with E-state index in [4.69, 9.17) is 4.74 Å². The van der Waals surface area contributed by atoms with E-state index in [1.807, 2.05) is 12.1 Å². The number of hydrogen-bond donors (Lipinski definition) is 0. The summed E-state index contributed by atoms with van der Waals surface area (Å²) in [7, 11) is 1.73. The molecule has 2 aromatic carbocycles. The maximum Gasteiger partial charge on any atom is 0.122 e. The fraction of sp³-hybridized carbons (Fsp3) is 0.368. The lowest BCUT2D eigenvalue weighted by Gasteiger charge is -2.19. The second kappa shape index (κ2) is 6.13. The summed E-state index contributed by atoms with van der Waals surface area (Å²) in [6.07, 6.45) is 2.06. The maximum atomic E-state index is 5.40. The van der Waals surface area contributed by atoms with Gasteiger partial charge in [-0.2, -0.15) is 0 Å². The molecule has 0 heterocycles. The minimum atomic E-state index is 0.223. The van der Waals surface area contributed by atoms with Crippen molar-refractivity contribution in [3.8, 4) is 5.75 Å². The molecule has 1 heteroatoms. The van der Waals surface area contributed by atoms with Gasteiger partial charge >= 0.3 is 0 Å². The number of hydrogen-bond acceptors (Lipinski definition) is 1. The molecule has 20 heavy (non-hydrogen) atoms. The van der Waals surface area contributed by atoms with Crippen molar-refractivity contribution in [2.24, 2.45) is 0 Å². The fourth-order valence-corrected chi connectivity index (χ4v) is 2.36. The Morgan fingerprint density at radius 3 is 2.10 bits per heavy atom. The molecule has 0 saturated heterocycles. The zero-order valence-corrected chi connectivity index (χ0v) is 12.9. The molecule has 0 atom stereocenters. The summed E-state index contributed by atoms with van der Waals surface area (Å²) in [4.78, 5) is 0. The third-order valence-electron chi connectivity index (χ3n) is 3.70. The van der Waals surface area contributed by atoms with Crippen molar-refractivity contribution in [1.29, 1.82) is 0 Å². The lowest BCUT2D eigenvalue weighted by Crippen LogP contribution is -2.10. The molecule has 0 N–H and O–H groups in total. The summed E-state index contributed by atoms with van der Waals surface area (Å²) in [5.41, 5.74) is 4.26. The van der Waals surface area contributed by atoms with Crippen LogP contribution in [-0.4, -0.2) is 7.11 Å². The largest absolute Gasteiger partial charge is 0.496 e. The maximum absolute atomic E-state index is 5.40. The third kappa shape index (κ3) is 3.63. The summed E-state index contributed by atoms with van der Waals surface area (Å²) in [6.45, 7) is 6.74. The molecule has 0 aliphatic heterocycles. The molecule has 2 rings (SSSR count). The third-order valence-corrected chi connectivity index (χ3v) is 3.70. The molecule has 0 aliphatic carbocycles. The molecule has 1 nitrogen and oxygen atoms in total. The molecular weight excluding hydrogens is 244 g/mol. The van der Waals surface area contributed by atoms with Crippen LogP contribution in [-0.2, 0) is 18.3 Å². The van der Waals surface area contributed by atoms with Crippen LogP contribution in [0.15, 0.2) is 48.5 Å². The van der Waals surface area contributed by atoms with Crippen molar-refractivity contribution < 1.29 is 4.74 Å². The van der Waals surface area contributed by atoms with Crippen LogP contribution in [0.4, 0.5) is 0 Å². The number of benzene rings is 2. The summed E-state index contributed by atoms with van der Waals surface area (Å²) in [5, 5.41) is 0. The standard InChI is InChI=1S/C19H24O/c1-19(2,3)17-13-10-15(11-14-17)9-12-16-7-5-6-8-18(16)20-4/h5-8,10-11,13-14H,9,12H2,1-4H3. The van der Waals surface area contributed by atoms with E-state index in [1.165, 1.54) is 16.7 Å². The smallest absolute Gasteiger partial charge is 0.122 e. The normalized spacial score (nSPS) is 11.4. The Hall–Kier alpha value is -1.76. The van der Waals surface area contributed by atoms with Crippen LogP contribution >= 0.6 is 0 Å². The molecule has 0 saturated carbocycles. The SMILES string of the molecule is COc1ccccc1CCc1ccc(C(C)(C)C)cc1. The molecule has 0 bridgehead atoms. The highest BCUT2D eigenvalue weighted by Gasteiger charge is 2.12. The summed E-state index contributed by atoms with van der Waals surface area (Å²) in [6, 6.07) is 17.2. The van der Waals surface area contributed by atoms with Gasteiger partial charge in [-0.15, -0.1) is 0 Å². The van der Waals surface area contributed by atoms with Crippen LogP contribution in [0.3, 0.4) is 0 Å². The number of rotatable bonds is 4. The van der Waals surface area contributed by atoms with E-state index in [0.29, 0.717) is 0 Å². The Kier molecular flexibility index (Phi) is 4.49. The van der Waals surface area contributed by atoms with Gasteiger partial charge in [0.1, 0.15) is 5.75 Å². The zero-order valence-electron chi connectivity index (χ0n) is 12.9. The first-order valence-electron chi connectivity index (χ1n) is 7.22. The predicted octanol–water partition coefficient (Wildman–Crippen LogP) is 4.78. The minimum Gasteiger partial charge on any atom is -0.496 e. The first-order chi connectivity index (χ1) is 9.50. The van der Waals surface area contributed by atoms with Crippen LogP contribution in [0.25, 0.3) is 0 Å².